The minimum absolute atomic E-state index is 0.0858. The molecule has 0 saturated carbocycles. The zero-order chi connectivity index (χ0) is 14.7. The van der Waals surface area contributed by atoms with Gasteiger partial charge < -0.3 is 20.4 Å². The van der Waals surface area contributed by atoms with Crippen molar-refractivity contribution in [3.8, 4) is 0 Å². The van der Waals surface area contributed by atoms with E-state index in [0.717, 1.165) is 17.7 Å². The summed E-state index contributed by atoms with van der Waals surface area (Å²) in [5.74, 6) is -1.51. The molecule has 2 unspecified atom stereocenters. The molecule has 2 saturated heterocycles. The first-order chi connectivity index (χ1) is 9.54. The van der Waals surface area contributed by atoms with E-state index in [1.165, 1.54) is 4.90 Å². The van der Waals surface area contributed by atoms with Crippen LogP contribution in [0.3, 0.4) is 0 Å². The molecule has 2 aliphatic heterocycles. The number of piperazine rings is 1. The van der Waals surface area contributed by atoms with Gasteiger partial charge in [-0.05, 0) is 19.3 Å². The van der Waals surface area contributed by atoms with Crippen molar-refractivity contribution in [2.75, 3.05) is 26.2 Å². The maximum absolute atomic E-state index is 12.5. The van der Waals surface area contributed by atoms with Crippen LogP contribution in [0, 0.1) is 0 Å². The van der Waals surface area contributed by atoms with Crippen LogP contribution in [0.2, 0.25) is 0 Å². The summed E-state index contributed by atoms with van der Waals surface area (Å²) in [6.07, 6.45) is 2.44. The fraction of sp³-hybridized carbons (Fsp3) is 0.750. The summed E-state index contributed by atoms with van der Waals surface area (Å²) in [4.78, 5) is 37.7. The number of hydrogen-bond donors (Lipinski definition) is 3. The monoisotopic (exact) mass is 285 g/mol. The molecule has 0 radical (unpaired) electrons. The molecule has 2 heterocycles. The van der Waals surface area contributed by atoms with Gasteiger partial charge in [0.2, 0.25) is 5.91 Å². The number of piperidine rings is 1. The summed E-state index contributed by atoms with van der Waals surface area (Å²) in [7, 11) is 0. The molecule has 2 aliphatic rings. The van der Waals surface area contributed by atoms with Gasteiger partial charge in [-0.15, -0.1) is 0 Å². The van der Waals surface area contributed by atoms with Crippen LogP contribution in [0.15, 0.2) is 0 Å². The van der Waals surface area contributed by atoms with Crippen molar-refractivity contribution in [2.24, 2.45) is 0 Å². The highest BCUT2D eigenvalue weighted by molar-refractivity contribution is 5.90. The fourth-order valence-electron chi connectivity index (χ4n) is 2.67. The van der Waals surface area contributed by atoms with Crippen molar-refractivity contribution >= 4 is 17.9 Å². The van der Waals surface area contributed by atoms with Crippen LogP contribution in [0.1, 0.15) is 19.3 Å². The molecule has 2 fully saturated rings. The van der Waals surface area contributed by atoms with Crippen LogP contribution in [0.5, 0.6) is 0 Å². The molecule has 20 heavy (non-hydrogen) atoms. The lowest BCUT2D eigenvalue weighted by Crippen LogP contribution is -2.63. The Labute approximate surface area is 116 Å². The lowest BCUT2D eigenvalue weighted by atomic mass is 10.0. The zero-order valence-electron chi connectivity index (χ0n) is 11.1. The largest absolute Gasteiger partial charge is 0.480 e. The van der Waals surface area contributed by atoms with E-state index in [1.54, 1.807) is 0 Å². The van der Waals surface area contributed by atoms with E-state index in [2.05, 4.69) is 5.32 Å². The molecule has 0 aromatic carbocycles. The van der Waals surface area contributed by atoms with Crippen molar-refractivity contribution < 1.29 is 24.6 Å². The van der Waals surface area contributed by atoms with Gasteiger partial charge in [-0.1, -0.05) is 0 Å². The number of nitrogens with zero attached hydrogens (tertiary/aromatic N) is 2. The smallest absolute Gasteiger partial charge is 0.328 e. The second-order valence-corrected chi connectivity index (χ2v) is 5.09. The second-order valence-electron chi connectivity index (χ2n) is 5.09. The van der Waals surface area contributed by atoms with Gasteiger partial charge in [0.15, 0.2) is 0 Å². The summed E-state index contributed by atoms with van der Waals surface area (Å²) >= 11 is 0. The van der Waals surface area contributed by atoms with E-state index in [-0.39, 0.29) is 31.6 Å². The van der Waals surface area contributed by atoms with Gasteiger partial charge in [0.25, 0.3) is 0 Å². The Morgan fingerprint density at radius 3 is 2.70 bits per heavy atom. The van der Waals surface area contributed by atoms with Crippen LogP contribution < -0.4 is 5.32 Å². The normalized spacial score (nSPS) is 27.1. The molecule has 0 aliphatic carbocycles. The number of carbonyl (C=O) groups excluding carboxylic acids is 2. The molecular formula is C12H19N3O5. The number of nitrogens with one attached hydrogen (secondary N) is 1. The standard InChI is InChI=1S/C12H19N3O5/c16-7-8-3-1-2-4-14(8)12(20)15-6-10(17)13-5-9(15)11(18)19/h8-9,16H,1-7H2,(H,13,17)(H,18,19). The molecule has 2 rings (SSSR count). The number of carbonyl (C=O) groups is 3. The molecule has 2 atom stereocenters. The Bertz CT molecular complexity index is 414. The van der Waals surface area contributed by atoms with Crippen molar-refractivity contribution in [3.05, 3.63) is 0 Å². The van der Waals surface area contributed by atoms with Crippen LogP contribution >= 0.6 is 0 Å². The summed E-state index contributed by atoms with van der Waals surface area (Å²) in [5.41, 5.74) is 0. The SMILES string of the molecule is O=C1CN(C(=O)N2CCCCC2CO)C(C(=O)O)CN1. The number of amides is 3. The third kappa shape index (κ3) is 2.84. The van der Waals surface area contributed by atoms with Crippen LogP contribution in [-0.2, 0) is 9.59 Å². The average Bonchev–Trinajstić information content (AvgIpc) is 2.46. The Morgan fingerprint density at radius 2 is 2.05 bits per heavy atom. The quantitative estimate of drug-likeness (QED) is 0.592. The number of rotatable bonds is 2. The maximum Gasteiger partial charge on any atom is 0.328 e. The van der Waals surface area contributed by atoms with Crippen molar-refractivity contribution in [3.63, 3.8) is 0 Å². The van der Waals surface area contributed by atoms with Gasteiger partial charge in [0, 0.05) is 13.1 Å². The lowest BCUT2D eigenvalue weighted by Gasteiger charge is -2.41. The van der Waals surface area contributed by atoms with E-state index in [0.29, 0.717) is 13.0 Å². The number of likely N-dealkylation sites (tertiary alicyclic amines) is 1. The average molecular weight is 285 g/mol. The Balaban J connectivity index is 2.15. The van der Waals surface area contributed by atoms with Gasteiger partial charge in [0.05, 0.1) is 12.6 Å². The van der Waals surface area contributed by atoms with E-state index < -0.39 is 18.0 Å². The highest BCUT2D eigenvalue weighted by Gasteiger charge is 2.39. The van der Waals surface area contributed by atoms with E-state index in [4.69, 9.17) is 5.11 Å². The molecule has 8 nitrogen and oxygen atoms in total. The Morgan fingerprint density at radius 1 is 1.30 bits per heavy atom. The molecule has 3 amide bonds. The molecule has 0 aromatic rings. The van der Waals surface area contributed by atoms with Gasteiger partial charge in [-0.2, -0.15) is 0 Å². The highest BCUT2D eigenvalue weighted by atomic mass is 16.4. The number of carboxylic acids is 1. The van der Waals surface area contributed by atoms with Crippen LogP contribution in [0.25, 0.3) is 0 Å². The Hall–Kier alpha value is -1.83. The van der Waals surface area contributed by atoms with Gasteiger partial charge in [-0.25, -0.2) is 9.59 Å². The summed E-state index contributed by atoms with van der Waals surface area (Å²) in [6.45, 7) is -0.0139. The first kappa shape index (κ1) is 14.6. The molecule has 0 aromatic heterocycles. The number of aliphatic carboxylic acids is 1. The molecule has 112 valence electrons. The summed E-state index contributed by atoms with van der Waals surface area (Å²) < 4.78 is 0. The summed E-state index contributed by atoms with van der Waals surface area (Å²) in [5, 5.41) is 20.9. The third-order valence-electron chi connectivity index (χ3n) is 3.80. The third-order valence-corrected chi connectivity index (χ3v) is 3.80. The van der Waals surface area contributed by atoms with E-state index >= 15 is 0 Å². The lowest BCUT2D eigenvalue weighted by molar-refractivity contribution is -0.144. The number of hydrogen-bond acceptors (Lipinski definition) is 4. The first-order valence-electron chi connectivity index (χ1n) is 6.72. The summed E-state index contributed by atoms with van der Waals surface area (Å²) in [6, 6.07) is -1.83. The topological polar surface area (TPSA) is 110 Å². The molecular weight excluding hydrogens is 266 g/mol. The predicted molar refractivity (Wildman–Crippen MR) is 68.0 cm³/mol. The minimum atomic E-state index is -1.14. The predicted octanol–water partition coefficient (Wildman–Crippen LogP) is -1.16. The number of carboxylic acid groups (broad SMARTS) is 1. The fourth-order valence-corrected chi connectivity index (χ4v) is 2.67. The Kier molecular flexibility index (Phi) is 4.43. The first-order valence-corrected chi connectivity index (χ1v) is 6.72. The highest BCUT2D eigenvalue weighted by Crippen LogP contribution is 2.20. The molecule has 8 heteroatoms. The van der Waals surface area contributed by atoms with E-state index in [9.17, 15) is 19.5 Å². The number of urea groups is 1. The van der Waals surface area contributed by atoms with Gasteiger partial charge in [-0.3, -0.25) is 9.69 Å². The minimum Gasteiger partial charge on any atom is -0.480 e. The molecule has 3 N–H and O–H groups in total. The van der Waals surface area contributed by atoms with Gasteiger partial charge >= 0.3 is 12.0 Å². The molecule has 0 bridgehead atoms. The van der Waals surface area contributed by atoms with Crippen molar-refractivity contribution in [1.29, 1.82) is 0 Å². The molecule has 0 spiro atoms. The maximum atomic E-state index is 12.5. The number of aliphatic hydroxyl groups excluding tert-OH is 1. The van der Waals surface area contributed by atoms with Crippen molar-refractivity contribution in [2.45, 2.75) is 31.3 Å². The second kappa shape index (κ2) is 6.08. The van der Waals surface area contributed by atoms with Crippen LogP contribution in [0.4, 0.5) is 4.79 Å². The van der Waals surface area contributed by atoms with Crippen LogP contribution in [-0.4, -0.2) is 76.2 Å². The van der Waals surface area contributed by atoms with Gasteiger partial charge in [0.1, 0.15) is 12.6 Å². The van der Waals surface area contributed by atoms with E-state index in [1.807, 2.05) is 0 Å². The zero-order valence-corrected chi connectivity index (χ0v) is 11.1. The van der Waals surface area contributed by atoms with Crippen molar-refractivity contribution in [1.82, 2.24) is 15.1 Å². The number of aliphatic hydroxyl groups is 1.